The molecule has 2 N–H and O–H groups in total. The smallest absolute Gasteiger partial charge is 0.326 e. The van der Waals surface area contributed by atoms with Crippen molar-refractivity contribution in [3.63, 3.8) is 0 Å². The highest BCUT2D eigenvalue weighted by molar-refractivity contribution is 9.10. The zero-order chi connectivity index (χ0) is 13.9. The summed E-state index contributed by atoms with van der Waals surface area (Å²) in [6.45, 7) is 3.46. The Balaban J connectivity index is 2.91. The first kappa shape index (κ1) is 15.0. The van der Waals surface area contributed by atoms with Crippen molar-refractivity contribution in [1.29, 1.82) is 0 Å². The number of carbonyl (C=O) groups excluding carboxylic acids is 1. The van der Waals surface area contributed by atoms with E-state index < -0.39 is 17.9 Å². The predicted octanol–water partition coefficient (Wildman–Crippen LogP) is 2.94. The molecule has 1 unspecified atom stereocenters. The first-order valence-corrected chi connectivity index (χ1v) is 6.48. The summed E-state index contributed by atoms with van der Waals surface area (Å²) in [6.07, 6.45) is 0. The minimum Gasteiger partial charge on any atom is -0.480 e. The average molecular weight is 335 g/mol. The molecule has 4 nitrogen and oxygen atoms in total. The van der Waals surface area contributed by atoms with Gasteiger partial charge in [0.2, 0.25) is 0 Å². The van der Waals surface area contributed by atoms with Gasteiger partial charge in [-0.15, -0.1) is 0 Å². The molecule has 0 saturated heterocycles. The monoisotopic (exact) mass is 333 g/mol. The van der Waals surface area contributed by atoms with Gasteiger partial charge in [-0.25, -0.2) is 4.79 Å². The van der Waals surface area contributed by atoms with Crippen molar-refractivity contribution in [3.05, 3.63) is 33.3 Å². The molecule has 6 heteroatoms. The van der Waals surface area contributed by atoms with Crippen LogP contribution >= 0.6 is 27.5 Å². The van der Waals surface area contributed by atoms with Gasteiger partial charge in [0.15, 0.2) is 0 Å². The molecule has 98 valence electrons. The molecule has 0 heterocycles. The van der Waals surface area contributed by atoms with Crippen molar-refractivity contribution in [3.8, 4) is 0 Å². The number of hydrogen-bond donors (Lipinski definition) is 2. The van der Waals surface area contributed by atoms with E-state index in [9.17, 15) is 9.59 Å². The van der Waals surface area contributed by atoms with E-state index in [0.29, 0.717) is 15.1 Å². The molecular weight excluding hydrogens is 321 g/mol. The van der Waals surface area contributed by atoms with Crippen LogP contribution in [0.1, 0.15) is 24.2 Å². The van der Waals surface area contributed by atoms with E-state index in [1.165, 1.54) is 0 Å². The molecule has 1 aromatic carbocycles. The van der Waals surface area contributed by atoms with Crippen molar-refractivity contribution in [2.45, 2.75) is 19.9 Å². The van der Waals surface area contributed by atoms with Crippen LogP contribution in [0, 0.1) is 5.92 Å². The van der Waals surface area contributed by atoms with Gasteiger partial charge in [-0.2, -0.15) is 0 Å². The van der Waals surface area contributed by atoms with Crippen LogP contribution < -0.4 is 5.32 Å². The van der Waals surface area contributed by atoms with Crippen molar-refractivity contribution in [2.24, 2.45) is 5.92 Å². The molecule has 1 amide bonds. The third kappa shape index (κ3) is 3.71. The molecule has 1 rings (SSSR count). The number of halogens is 2. The molecule has 0 aromatic heterocycles. The number of amides is 1. The van der Waals surface area contributed by atoms with Crippen molar-refractivity contribution >= 4 is 39.4 Å². The molecule has 0 aliphatic rings. The Hall–Kier alpha value is -1.07. The summed E-state index contributed by atoms with van der Waals surface area (Å²) >= 11 is 8.99. The van der Waals surface area contributed by atoms with E-state index in [4.69, 9.17) is 16.7 Å². The Morgan fingerprint density at radius 3 is 2.44 bits per heavy atom. The van der Waals surface area contributed by atoms with Gasteiger partial charge in [-0.1, -0.05) is 25.4 Å². The second-order valence-electron chi connectivity index (χ2n) is 4.16. The van der Waals surface area contributed by atoms with Crippen LogP contribution in [0.25, 0.3) is 0 Å². The Labute approximate surface area is 118 Å². The standard InChI is InChI=1S/C12H13BrClNO3/c1-6(2)10(12(17)18)15-11(16)8-4-3-7(14)5-9(8)13/h3-6,10H,1-2H3,(H,15,16)(H,17,18). The molecule has 0 aliphatic carbocycles. The Morgan fingerprint density at radius 2 is 2.00 bits per heavy atom. The summed E-state index contributed by atoms with van der Waals surface area (Å²) in [5, 5.41) is 12.0. The second-order valence-corrected chi connectivity index (χ2v) is 5.45. The Kier molecular flexibility index (Phi) is 5.16. The lowest BCUT2D eigenvalue weighted by Crippen LogP contribution is -2.44. The van der Waals surface area contributed by atoms with Crippen LogP contribution in [-0.4, -0.2) is 23.0 Å². The van der Waals surface area contributed by atoms with E-state index >= 15 is 0 Å². The summed E-state index contributed by atoms with van der Waals surface area (Å²) in [5.74, 6) is -1.69. The third-order valence-corrected chi connectivity index (χ3v) is 3.29. The number of carboxylic acids is 1. The predicted molar refractivity (Wildman–Crippen MR) is 72.9 cm³/mol. The van der Waals surface area contributed by atoms with E-state index in [2.05, 4.69) is 21.2 Å². The normalized spacial score (nSPS) is 12.3. The van der Waals surface area contributed by atoms with Crippen LogP contribution in [-0.2, 0) is 4.79 Å². The Bertz CT molecular complexity index is 476. The maximum atomic E-state index is 11.9. The third-order valence-electron chi connectivity index (χ3n) is 2.40. The fourth-order valence-corrected chi connectivity index (χ4v) is 2.27. The molecule has 0 fully saturated rings. The van der Waals surface area contributed by atoms with Gasteiger partial charge in [0.1, 0.15) is 6.04 Å². The fraction of sp³-hybridized carbons (Fsp3) is 0.333. The van der Waals surface area contributed by atoms with Gasteiger partial charge in [-0.3, -0.25) is 4.79 Å². The Morgan fingerprint density at radius 1 is 1.39 bits per heavy atom. The van der Waals surface area contributed by atoms with Crippen LogP contribution in [0.3, 0.4) is 0 Å². The molecule has 18 heavy (non-hydrogen) atoms. The highest BCUT2D eigenvalue weighted by atomic mass is 79.9. The summed E-state index contributed by atoms with van der Waals surface area (Å²) in [7, 11) is 0. The highest BCUT2D eigenvalue weighted by Crippen LogP contribution is 2.21. The number of hydrogen-bond acceptors (Lipinski definition) is 2. The summed E-state index contributed by atoms with van der Waals surface area (Å²) in [5.41, 5.74) is 0.353. The number of aliphatic carboxylic acids is 1. The van der Waals surface area contributed by atoms with Gasteiger partial charge < -0.3 is 10.4 Å². The van der Waals surface area contributed by atoms with E-state index in [1.54, 1.807) is 32.0 Å². The molecule has 1 aromatic rings. The molecule has 0 saturated carbocycles. The molecule has 0 radical (unpaired) electrons. The lowest BCUT2D eigenvalue weighted by molar-refractivity contribution is -0.140. The minimum atomic E-state index is -1.05. The van der Waals surface area contributed by atoms with Gasteiger partial charge in [0, 0.05) is 9.50 Å². The SMILES string of the molecule is CC(C)C(NC(=O)c1ccc(Cl)cc1Br)C(=O)O. The van der Waals surface area contributed by atoms with Gasteiger partial charge >= 0.3 is 5.97 Å². The minimum absolute atomic E-state index is 0.197. The number of nitrogens with one attached hydrogen (secondary N) is 1. The number of carboxylic acid groups (broad SMARTS) is 1. The average Bonchev–Trinajstić information content (AvgIpc) is 2.24. The number of rotatable bonds is 4. The van der Waals surface area contributed by atoms with E-state index in [-0.39, 0.29) is 5.92 Å². The van der Waals surface area contributed by atoms with Gasteiger partial charge in [0.25, 0.3) is 5.91 Å². The van der Waals surface area contributed by atoms with Crippen LogP contribution in [0.5, 0.6) is 0 Å². The van der Waals surface area contributed by atoms with Crippen LogP contribution in [0.15, 0.2) is 22.7 Å². The van der Waals surface area contributed by atoms with E-state index in [0.717, 1.165) is 0 Å². The maximum absolute atomic E-state index is 11.9. The van der Waals surface area contributed by atoms with Crippen molar-refractivity contribution in [2.75, 3.05) is 0 Å². The fourth-order valence-electron chi connectivity index (χ4n) is 1.41. The topological polar surface area (TPSA) is 66.4 Å². The maximum Gasteiger partial charge on any atom is 0.326 e. The zero-order valence-corrected chi connectivity index (χ0v) is 12.2. The van der Waals surface area contributed by atoms with Crippen LogP contribution in [0.2, 0.25) is 5.02 Å². The van der Waals surface area contributed by atoms with Gasteiger partial charge in [0.05, 0.1) is 5.56 Å². The van der Waals surface area contributed by atoms with Crippen molar-refractivity contribution in [1.82, 2.24) is 5.32 Å². The highest BCUT2D eigenvalue weighted by Gasteiger charge is 2.24. The summed E-state index contributed by atoms with van der Waals surface area (Å²) in [4.78, 5) is 22.9. The van der Waals surface area contributed by atoms with Crippen LogP contribution in [0.4, 0.5) is 0 Å². The molecule has 0 spiro atoms. The first-order chi connectivity index (χ1) is 8.32. The number of carbonyl (C=O) groups is 2. The quantitative estimate of drug-likeness (QED) is 0.889. The van der Waals surface area contributed by atoms with Gasteiger partial charge in [-0.05, 0) is 40.0 Å². The zero-order valence-electron chi connectivity index (χ0n) is 9.91. The molecule has 1 atom stereocenters. The lowest BCUT2D eigenvalue weighted by atomic mass is 10.0. The number of benzene rings is 1. The van der Waals surface area contributed by atoms with Crippen molar-refractivity contribution < 1.29 is 14.7 Å². The molecular formula is C12H13BrClNO3. The summed E-state index contributed by atoms with van der Waals surface area (Å²) in [6, 6.07) is 3.79. The largest absolute Gasteiger partial charge is 0.480 e. The lowest BCUT2D eigenvalue weighted by Gasteiger charge is -2.18. The molecule has 0 aliphatic heterocycles. The second kappa shape index (κ2) is 6.20. The summed E-state index contributed by atoms with van der Waals surface area (Å²) < 4.78 is 0.528. The molecule has 0 bridgehead atoms. The first-order valence-electron chi connectivity index (χ1n) is 5.31. The van der Waals surface area contributed by atoms with E-state index in [1.807, 2.05) is 0 Å².